The fraction of sp³-hybridized carbons (Fsp3) is 0.667. The molecule has 0 aromatic rings. The van der Waals surface area contributed by atoms with E-state index in [4.69, 9.17) is 9.84 Å². The van der Waals surface area contributed by atoms with Crippen LogP contribution in [0.4, 0.5) is 0 Å². The molecule has 1 aliphatic rings. The number of aliphatic carboxylic acids is 1. The van der Waals surface area contributed by atoms with E-state index in [1.165, 1.54) is 12.2 Å². The first-order valence-corrected chi connectivity index (χ1v) is 7.38. The number of ether oxygens (including phenoxy) is 1. The largest absolute Gasteiger partial charge is 0.480 e. The molecule has 0 saturated heterocycles. The lowest BCUT2D eigenvalue weighted by Crippen LogP contribution is -2.40. The summed E-state index contributed by atoms with van der Waals surface area (Å²) in [4.78, 5) is 34.0. The molecule has 6 heteroatoms. The summed E-state index contributed by atoms with van der Waals surface area (Å²) in [5, 5.41) is 11.6. The van der Waals surface area contributed by atoms with Crippen molar-refractivity contribution in [2.45, 2.75) is 51.5 Å². The number of carboxylic acid groups (broad SMARTS) is 1. The molecule has 0 heterocycles. The molecule has 0 radical (unpaired) electrons. The van der Waals surface area contributed by atoms with Crippen molar-refractivity contribution in [1.82, 2.24) is 5.32 Å². The number of amides is 1. The maximum Gasteiger partial charge on any atom is 0.330 e. The molecule has 1 amide bonds. The molecule has 0 bridgehead atoms. The normalized spacial score (nSPS) is 16.8. The van der Waals surface area contributed by atoms with Crippen molar-refractivity contribution in [3.8, 4) is 0 Å². The second-order valence-corrected chi connectivity index (χ2v) is 5.20. The molecule has 1 atom stereocenters. The van der Waals surface area contributed by atoms with Crippen LogP contribution in [0.2, 0.25) is 0 Å². The van der Waals surface area contributed by atoms with Gasteiger partial charge < -0.3 is 15.2 Å². The van der Waals surface area contributed by atoms with Crippen LogP contribution < -0.4 is 5.32 Å². The molecule has 2 N–H and O–H groups in total. The van der Waals surface area contributed by atoms with E-state index in [0.29, 0.717) is 12.3 Å². The molecule has 1 saturated carbocycles. The summed E-state index contributed by atoms with van der Waals surface area (Å²) < 4.78 is 4.69. The molecular weight excluding hydrogens is 274 g/mol. The molecule has 118 valence electrons. The zero-order valence-electron chi connectivity index (χ0n) is 12.3. The van der Waals surface area contributed by atoms with E-state index in [2.05, 4.69) is 5.32 Å². The molecule has 6 nitrogen and oxygen atoms in total. The number of nitrogens with one attached hydrogen (secondary N) is 1. The Morgan fingerprint density at radius 2 is 2.00 bits per heavy atom. The number of esters is 1. The van der Waals surface area contributed by atoms with E-state index < -0.39 is 18.0 Å². The molecule has 0 aliphatic heterocycles. The molecular formula is C15H23NO5. The average molecular weight is 297 g/mol. The van der Waals surface area contributed by atoms with Crippen LogP contribution in [0.1, 0.15) is 45.4 Å². The lowest BCUT2D eigenvalue weighted by atomic mass is 10.0. The van der Waals surface area contributed by atoms with Gasteiger partial charge in [-0.2, -0.15) is 0 Å². The predicted octanol–water partition coefficient (Wildman–Crippen LogP) is 1.65. The molecule has 0 unspecified atom stereocenters. The smallest absolute Gasteiger partial charge is 0.330 e. The van der Waals surface area contributed by atoms with Crippen LogP contribution in [0.5, 0.6) is 0 Å². The van der Waals surface area contributed by atoms with E-state index in [1.807, 2.05) is 0 Å². The number of rotatable bonds is 8. The Balaban J connectivity index is 2.39. The summed E-state index contributed by atoms with van der Waals surface area (Å²) in [6.45, 7) is 1.96. The van der Waals surface area contributed by atoms with Gasteiger partial charge in [-0.1, -0.05) is 18.9 Å². The minimum atomic E-state index is -1.11. The Kier molecular flexibility index (Phi) is 7.50. The third kappa shape index (κ3) is 6.92. The lowest BCUT2D eigenvalue weighted by Gasteiger charge is -2.14. The Labute approximate surface area is 124 Å². The van der Waals surface area contributed by atoms with Gasteiger partial charge in [-0.25, -0.2) is 9.59 Å². The Hall–Kier alpha value is -1.85. The maximum atomic E-state index is 11.8. The summed E-state index contributed by atoms with van der Waals surface area (Å²) in [5.41, 5.74) is 0. The van der Waals surface area contributed by atoms with Gasteiger partial charge in [0.05, 0.1) is 6.61 Å². The van der Waals surface area contributed by atoms with Gasteiger partial charge in [0.2, 0.25) is 5.91 Å². The van der Waals surface area contributed by atoms with Crippen LogP contribution in [0.15, 0.2) is 12.2 Å². The van der Waals surface area contributed by atoms with Crippen molar-refractivity contribution >= 4 is 17.8 Å². The minimum absolute atomic E-state index is 0.0601. The van der Waals surface area contributed by atoms with Crippen LogP contribution in [-0.4, -0.2) is 35.6 Å². The molecule has 1 aliphatic carbocycles. The van der Waals surface area contributed by atoms with Crippen LogP contribution in [0.3, 0.4) is 0 Å². The van der Waals surface area contributed by atoms with Gasteiger partial charge in [-0.3, -0.25) is 4.79 Å². The van der Waals surface area contributed by atoms with Crippen molar-refractivity contribution in [3.63, 3.8) is 0 Å². The van der Waals surface area contributed by atoms with Crippen molar-refractivity contribution in [3.05, 3.63) is 12.2 Å². The third-order valence-corrected chi connectivity index (χ3v) is 3.49. The van der Waals surface area contributed by atoms with Gasteiger partial charge in [-0.05, 0) is 32.1 Å². The predicted molar refractivity (Wildman–Crippen MR) is 76.5 cm³/mol. The molecule has 1 fully saturated rings. The Morgan fingerprint density at radius 3 is 2.57 bits per heavy atom. The second-order valence-electron chi connectivity index (χ2n) is 5.20. The van der Waals surface area contributed by atoms with E-state index in [-0.39, 0.29) is 18.9 Å². The molecule has 0 aromatic heterocycles. The third-order valence-electron chi connectivity index (χ3n) is 3.49. The highest BCUT2D eigenvalue weighted by molar-refractivity contribution is 5.84. The first kappa shape index (κ1) is 17.2. The fourth-order valence-electron chi connectivity index (χ4n) is 2.44. The van der Waals surface area contributed by atoms with Gasteiger partial charge in [0.25, 0.3) is 0 Å². The zero-order valence-corrected chi connectivity index (χ0v) is 12.3. The topological polar surface area (TPSA) is 92.7 Å². The molecule has 0 aromatic carbocycles. The summed E-state index contributed by atoms with van der Waals surface area (Å²) in [6.07, 6.45) is 7.39. The van der Waals surface area contributed by atoms with E-state index in [9.17, 15) is 14.4 Å². The fourth-order valence-corrected chi connectivity index (χ4v) is 2.44. The summed E-state index contributed by atoms with van der Waals surface area (Å²) >= 11 is 0. The standard InChI is InChI=1S/C15H23NO5/c1-2-21-14(18)9-5-8-12(15(19)20)16-13(17)10-11-6-3-4-7-11/h5,9,11-12H,2-4,6-8,10H2,1H3,(H,16,17)(H,19,20)/b9-5+/t12-/m1/s1. The number of hydrogen-bond acceptors (Lipinski definition) is 4. The average Bonchev–Trinajstić information content (AvgIpc) is 2.90. The summed E-state index contributed by atoms with van der Waals surface area (Å²) in [5.74, 6) is -1.49. The summed E-state index contributed by atoms with van der Waals surface area (Å²) in [6, 6.07) is -1.01. The highest BCUT2D eigenvalue weighted by Crippen LogP contribution is 2.27. The monoisotopic (exact) mass is 297 g/mol. The van der Waals surface area contributed by atoms with Crippen LogP contribution in [0.25, 0.3) is 0 Å². The maximum absolute atomic E-state index is 11.8. The SMILES string of the molecule is CCOC(=O)/C=C/C[C@@H](NC(=O)CC1CCCC1)C(=O)O. The van der Waals surface area contributed by atoms with Crippen molar-refractivity contribution in [2.75, 3.05) is 6.61 Å². The number of hydrogen-bond donors (Lipinski definition) is 2. The van der Waals surface area contributed by atoms with Gasteiger partial charge in [0, 0.05) is 12.5 Å². The highest BCUT2D eigenvalue weighted by Gasteiger charge is 2.22. The first-order valence-electron chi connectivity index (χ1n) is 7.38. The zero-order chi connectivity index (χ0) is 15.7. The number of carboxylic acids is 1. The number of carbonyl (C=O) groups is 3. The molecule has 0 spiro atoms. The highest BCUT2D eigenvalue weighted by atomic mass is 16.5. The van der Waals surface area contributed by atoms with Crippen LogP contribution in [-0.2, 0) is 19.1 Å². The van der Waals surface area contributed by atoms with Gasteiger partial charge in [0.15, 0.2) is 0 Å². The summed E-state index contributed by atoms with van der Waals surface area (Å²) in [7, 11) is 0. The van der Waals surface area contributed by atoms with E-state index in [1.54, 1.807) is 6.92 Å². The van der Waals surface area contributed by atoms with Crippen LogP contribution >= 0.6 is 0 Å². The Morgan fingerprint density at radius 1 is 1.33 bits per heavy atom. The molecule has 1 rings (SSSR count). The van der Waals surface area contributed by atoms with Crippen LogP contribution in [0, 0.1) is 5.92 Å². The van der Waals surface area contributed by atoms with Gasteiger partial charge >= 0.3 is 11.9 Å². The first-order chi connectivity index (χ1) is 10.0. The second kappa shape index (κ2) is 9.15. The van der Waals surface area contributed by atoms with Crippen molar-refractivity contribution in [2.24, 2.45) is 5.92 Å². The minimum Gasteiger partial charge on any atom is -0.480 e. The van der Waals surface area contributed by atoms with Crippen molar-refractivity contribution < 1.29 is 24.2 Å². The van der Waals surface area contributed by atoms with E-state index in [0.717, 1.165) is 25.7 Å². The van der Waals surface area contributed by atoms with Gasteiger partial charge in [0.1, 0.15) is 6.04 Å². The quantitative estimate of drug-likeness (QED) is 0.525. The van der Waals surface area contributed by atoms with Gasteiger partial charge in [-0.15, -0.1) is 0 Å². The number of carbonyl (C=O) groups excluding carboxylic acids is 2. The lowest BCUT2D eigenvalue weighted by molar-refractivity contribution is -0.142. The Bertz CT molecular complexity index is 399. The molecule has 21 heavy (non-hydrogen) atoms. The van der Waals surface area contributed by atoms with Crippen molar-refractivity contribution in [1.29, 1.82) is 0 Å². The van der Waals surface area contributed by atoms with E-state index >= 15 is 0 Å².